The SMILES string of the molecule is SSC12c3ccccc3C(c3ccccc31)c1ccccc12. The highest BCUT2D eigenvalue weighted by molar-refractivity contribution is 8.69. The number of hydrogen-bond acceptors (Lipinski definition) is 2. The number of hydrogen-bond donors (Lipinski definition) is 1. The Labute approximate surface area is 139 Å². The van der Waals surface area contributed by atoms with E-state index in [2.05, 4.69) is 72.8 Å². The molecule has 0 spiro atoms. The maximum absolute atomic E-state index is 4.74. The van der Waals surface area contributed by atoms with Crippen molar-refractivity contribution in [3.63, 3.8) is 0 Å². The van der Waals surface area contributed by atoms with Crippen LogP contribution < -0.4 is 0 Å². The molecule has 0 atom stereocenters. The molecule has 106 valence electrons. The van der Waals surface area contributed by atoms with Gasteiger partial charge in [-0.25, -0.2) is 0 Å². The fourth-order valence-corrected chi connectivity index (χ4v) is 6.03. The number of rotatable bonds is 1. The maximum atomic E-state index is 4.74. The Morgan fingerprint density at radius 1 is 0.636 bits per heavy atom. The molecule has 0 aromatic heterocycles. The highest BCUT2D eigenvalue weighted by atomic mass is 33.1. The molecule has 0 fully saturated rings. The summed E-state index contributed by atoms with van der Waals surface area (Å²) in [5.74, 6) is 0.353. The summed E-state index contributed by atoms with van der Waals surface area (Å²) >= 11 is 4.74. The third kappa shape index (κ3) is 1.34. The molecule has 0 nitrogen and oxygen atoms in total. The van der Waals surface area contributed by atoms with E-state index in [-0.39, 0.29) is 4.75 Å². The van der Waals surface area contributed by atoms with Gasteiger partial charge in [-0.05, 0) is 33.4 Å². The summed E-state index contributed by atoms with van der Waals surface area (Å²) in [4.78, 5) is 0. The van der Waals surface area contributed by atoms with Gasteiger partial charge in [-0.2, -0.15) is 0 Å². The second-order valence-electron chi connectivity index (χ2n) is 5.97. The fourth-order valence-electron chi connectivity index (χ4n) is 4.29. The largest absolute Gasteiger partial charge is 0.110 e. The molecule has 2 bridgehead atoms. The number of benzene rings is 3. The quantitative estimate of drug-likeness (QED) is 0.465. The second kappa shape index (κ2) is 4.43. The van der Waals surface area contributed by atoms with Crippen molar-refractivity contribution >= 4 is 22.5 Å². The van der Waals surface area contributed by atoms with Crippen molar-refractivity contribution < 1.29 is 0 Å². The van der Waals surface area contributed by atoms with E-state index in [1.807, 2.05) is 0 Å². The van der Waals surface area contributed by atoms with Crippen molar-refractivity contribution in [2.45, 2.75) is 10.7 Å². The Balaban J connectivity index is 2.00. The van der Waals surface area contributed by atoms with E-state index in [1.54, 1.807) is 10.8 Å². The van der Waals surface area contributed by atoms with Gasteiger partial charge in [-0.1, -0.05) is 83.6 Å². The molecular formula is C20H14S2. The lowest BCUT2D eigenvalue weighted by atomic mass is 9.60. The Bertz CT molecular complexity index is 782. The molecular weight excluding hydrogens is 304 g/mol. The van der Waals surface area contributed by atoms with Gasteiger partial charge in [0.15, 0.2) is 0 Å². The number of thiol groups is 1. The predicted molar refractivity (Wildman–Crippen MR) is 96.7 cm³/mol. The van der Waals surface area contributed by atoms with Crippen molar-refractivity contribution in [1.82, 2.24) is 0 Å². The Morgan fingerprint density at radius 3 is 1.36 bits per heavy atom. The van der Waals surface area contributed by atoms with Crippen LogP contribution in [0.4, 0.5) is 0 Å². The molecule has 0 amide bonds. The molecule has 22 heavy (non-hydrogen) atoms. The first kappa shape index (κ1) is 12.9. The molecule has 3 aromatic rings. The van der Waals surface area contributed by atoms with Crippen molar-refractivity contribution in [2.24, 2.45) is 0 Å². The van der Waals surface area contributed by atoms with Crippen LogP contribution in [-0.4, -0.2) is 0 Å². The van der Waals surface area contributed by atoms with Gasteiger partial charge in [0.25, 0.3) is 0 Å². The monoisotopic (exact) mass is 318 g/mol. The molecule has 2 heteroatoms. The van der Waals surface area contributed by atoms with Gasteiger partial charge in [0.05, 0.1) is 0 Å². The van der Waals surface area contributed by atoms with Crippen molar-refractivity contribution in [3.8, 4) is 0 Å². The molecule has 0 saturated carbocycles. The Hall–Kier alpha value is -1.64. The standard InChI is InChI=1S/C20H14S2/c21-22-20-16-10-4-1-7-13(16)19(14-8-2-5-11-17(14)20)15-9-3-6-12-18(15)20/h1-12,19,21H. The molecule has 0 radical (unpaired) electrons. The summed E-state index contributed by atoms with van der Waals surface area (Å²) in [6.45, 7) is 0. The second-order valence-corrected chi connectivity index (χ2v) is 7.31. The van der Waals surface area contributed by atoms with Crippen LogP contribution in [0.5, 0.6) is 0 Å². The van der Waals surface area contributed by atoms with Crippen LogP contribution in [-0.2, 0) is 4.75 Å². The summed E-state index contributed by atoms with van der Waals surface area (Å²) < 4.78 is -0.193. The lowest BCUT2D eigenvalue weighted by Gasteiger charge is -2.49. The summed E-state index contributed by atoms with van der Waals surface area (Å²) in [6.07, 6.45) is 0. The van der Waals surface area contributed by atoms with Gasteiger partial charge < -0.3 is 0 Å². The lowest BCUT2D eigenvalue weighted by Crippen LogP contribution is -2.39. The minimum atomic E-state index is -0.193. The zero-order chi connectivity index (χ0) is 14.7. The summed E-state index contributed by atoms with van der Waals surface area (Å²) in [5, 5.41) is 0. The summed E-state index contributed by atoms with van der Waals surface area (Å²) in [7, 11) is 1.65. The first-order valence-electron chi connectivity index (χ1n) is 7.48. The minimum absolute atomic E-state index is 0.193. The lowest BCUT2D eigenvalue weighted by molar-refractivity contribution is 0.717. The van der Waals surface area contributed by atoms with Crippen molar-refractivity contribution in [3.05, 3.63) is 106 Å². The molecule has 0 N–H and O–H groups in total. The molecule has 0 aliphatic heterocycles. The van der Waals surface area contributed by atoms with Gasteiger partial charge in [0, 0.05) is 5.92 Å². The average Bonchev–Trinajstić information content (AvgIpc) is 2.61. The van der Waals surface area contributed by atoms with Crippen LogP contribution in [0.3, 0.4) is 0 Å². The van der Waals surface area contributed by atoms with Gasteiger partial charge >= 0.3 is 0 Å². The molecule has 0 saturated heterocycles. The Kier molecular flexibility index (Phi) is 2.59. The average molecular weight is 318 g/mol. The van der Waals surface area contributed by atoms with Crippen LogP contribution in [0.15, 0.2) is 72.8 Å². The van der Waals surface area contributed by atoms with E-state index in [0.717, 1.165) is 0 Å². The van der Waals surface area contributed by atoms with E-state index in [4.69, 9.17) is 11.7 Å². The van der Waals surface area contributed by atoms with Crippen LogP contribution in [0.2, 0.25) is 0 Å². The van der Waals surface area contributed by atoms with Gasteiger partial charge in [-0.15, -0.1) is 11.7 Å². The normalized spacial score (nSPS) is 23.6. The molecule has 3 aliphatic carbocycles. The molecule has 3 aliphatic rings. The highest BCUT2D eigenvalue weighted by Crippen LogP contribution is 2.63. The van der Waals surface area contributed by atoms with Crippen LogP contribution >= 0.6 is 22.5 Å². The molecule has 0 unspecified atom stereocenters. The minimum Gasteiger partial charge on any atom is -0.110 e. The van der Waals surface area contributed by atoms with Gasteiger partial charge in [0.1, 0.15) is 4.75 Å². The fraction of sp³-hybridized carbons (Fsp3) is 0.100. The van der Waals surface area contributed by atoms with E-state index < -0.39 is 0 Å². The van der Waals surface area contributed by atoms with E-state index in [0.29, 0.717) is 5.92 Å². The zero-order valence-electron chi connectivity index (χ0n) is 11.9. The smallest absolute Gasteiger partial charge is 0.102 e. The van der Waals surface area contributed by atoms with Crippen molar-refractivity contribution in [1.29, 1.82) is 0 Å². The molecule has 0 heterocycles. The predicted octanol–water partition coefficient (Wildman–Crippen LogP) is 5.36. The topological polar surface area (TPSA) is 0 Å². The van der Waals surface area contributed by atoms with E-state index in [1.165, 1.54) is 33.4 Å². The van der Waals surface area contributed by atoms with E-state index in [9.17, 15) is 0 Å². The summed E-state index contributed by atoms with van der Waals surface area (Å²) in [6, 6.07) is 26.6. The third-order valence-electron chi connectivity index (χ3n) is 5.09. The molecule has 6 rings (SSSR count). The van der Waals surface area contributed by atoms with Gasteiger partial charge in [-0.3, -0.25) is 0 Å². The zero-order valence-corrected chi connectivity index (χ0v) is 13.6. The first-order valence-corrected chi connectivity index (χ1v) is 9.35. The first-order chi connectivity index (χ1) is 10.9. The van der Waals surface area contributed by atoms with Gasteiger partial charge in [0.2, 0.25) is 0 Å². The summed E-state index contributed by atoms with van der Waals surface area (Å²) in [5.41, 5.74) is 8.50. The van der Waals surface area contributed by atoms with Crippen LogP contribution in [0, 0.1) is 0 Å². The third-order valence-corrected chi connectivity index (χ3v) is 6.85. The van der Waals surface area contributed by atoms with Crippen molar-refractivity contribution in [2.75, 3.05) is 0 Å². The van der Waals surface area contributed by atoms with Crippen LogP contribution in [0.1, 0.15) is 39.3 Å². The van der Waals surface area contributed by atoms with E-state index >= 15 is 0 Å². The Morgan fingerprint density at radius 2 is 1.00 bits per heavy atom. The maximum Gasteiger partial charge on any atom is 0.102 e. The molecule has 3 aromatic carbocycles. The van der Waals surface area contributed by atoms with Crippen LogP contribution in [0.25, 0.3) is 0 Å². The highest BCUT2D eigenvalue weighted by Gasteiger charge is 2.51.